The lowest BCUT2D eigenvalue weighted by Gasteiger charge is -2.28. The molecule has 0 heterocycles. The number of ether oxygens (including phenoxy) is 1. The molecular formula is C22H24ClF2NO4. The number of alkyl carbamates (subject to hydrolysis) is 1. The zero-order valence-corrected chi connectivity index (χ0v) is 17.4. The van der Waals surface area contributed by atoms with Crippen LogP contribution in [0.5, 0.6) is 0 Å². The summed E-state index contributed by atoms with van der Waals surface area (Å²) in [5, 5.41) is 11.7. The number of aliphatic carboxylic acids is 1. The largest absolute Gasteiger partial charge is 0.480 e. The minimum absolute atomic E-state index is 0.0178. The fraction of sp³-hybridized carbons (Fsp3) is 0.364. The number of hydrogen-bond acceptors (Lipinski definition) is 3. The second kappa shape index (κ2) is 10.4. The van der Waals surface area contributed by atoms with Crippen LogP contribution in [0, 0.1) is 5.92 Å². The van der Waals surface area contributed by atoms with Crippen molar-refractivity contribution in [1.29, 1.82) is 0 Å². The Kier molecular flexibility index (Phi) is 8.17. The number of carbonyl (C=O) groups is 2. The molecule has 2 rings (SSSR count). The highest BCUT2D eigenvalue weighted by molar-refractivity contribution is 6.30. The average Bonchev–Trinajstić information content (AvgIpc) is 2.71. The molecule has 0 aliphatic carbocycles. The number of carboxylic acid groups (broad SMARTS) is 1. The van der Waals surface area contributed by atoms with Gasteiger partial charge in [-0.3, -0.25) is 0 Å². The molecule has 30 heavy (non-hydrogen) atoms. The number of halogens is 3. The molecule has 0 saturated carbocycles. The van der Waals surface area contributed by atoms with Gasteiger partial charge in [0.25, 0.3) is 0 Å². The van der Waals surface area contributed by atoms with Gasteiger partial charge in [-0.1, -0.05) is 74.3 Å². The summed E-state index contributed by atoms with van der Waals surface area (Å²) in [4.78, 5) is 23.9. The zero-order valence-electron chi connectivity index (χ0n) is 16.6. The van der Waals surface area contributed by atoms with E-state index in [1.807, 2.05) is 13.8 Å². The number of hydrogen-bond donors (Lipinski definition) is 2. The summed E-state index contributed by atoms with van der Waals surface area (Å²) in [6, 6.07) is 11.4. The maximum atomic E-state index is 15.3. The highest BCUT2D eigenvalue weighted by atomic mass is 35.5. The molecule has 2 aromatic carbocycles. The van der Waals surface area contributed by atoms with E-state index < -0.39 is 35.7 Å². The number of carboxylic acids is 1. The Bertz CT molecular complexity index is 863. The van der Waals surface area contributed by atoms with E-state index in [0.29, 0.717) is 6.42 Å². The molecule has 0 spiro atoms. The van der Waals surface area contributed by atoms with Gasteiger partial charge in [-0.15, -0.1) is 0 Å². The number of amides is 1. The number of benzene rings is 2. The molecule has 5 nitrogen and oxygen atoms in total. The molecular weight excluding hydrogens is 416 g/mol. The van der Waals surface area contributed by atoms with Gasteiger partial charge in [0, 0.05) is 10.6 Å². The van der Waals surface area contributed by atoms with Crippen molar-refractivity contribution in [3.05, 3.63) is 70.7 Å². The van der Waals surface area contributed by atoms with Gasteiger partial charge in [0.1, 0.15) is 6.04 Å². The van der Waals surface area contributed by atoms with Gasteiger partial charge in [0.2, 0.25) is 0 Å². The first-order valence-corrected chi connectivity index (χ1v) is 9.91. The van der Waals surface area contributed by atoms with Crippen LogP contribution >= 0.6 is 11.6 Å². The molecule has 0 aliphatic rings. The Morgan fingerprint density at radius 1 is 1.17 bits per heavy atom. The third-order valence-corrected chi connectivity index (χ3v) is 5.03. The lowest BCUT2D eigenvalue weighted by Crippen LogP contribution is -2.43. The first-order valence-electron chi connectivity index (χ1n) is 9.53. The van der Waals surface area contributed by atoms with Gasteiger partial charge >= 0.3 is 18.0 Å². The molecule has 162 valence electrons. The van der Waals surface area contributed by atoms with Crippen molar-refractivity contribution in [2.75, 3.05) is 0 Å². The third kappa shape index (κ3) is 6.16. The van der Waals surface area contributed by atoms with E-state index in [0.717, 1.165) is 6.07 Å². The van der Waals surface area contributed by atoms with Gasteiger partial charge in [-0.05, 0) is 30.0 Å². The van der Waals surface area contributed by atoms with Crippen molar-refractivity contribution >= 4 is 23.7 Å². The highest BCUT2D eigenvalue weighted by Crippen LogP contribution is 2.43. The molecule has 0 fully saturated rings. The van der Waals surface area contributed by atoms with Crippen molar-refractivity contribution in [3.63, 3.8) is 0 Å². The summed E-state index contributed by atoms with van der Waals surface area (Å²) in [6.45, 7) is 3.72. The molecule has 1 amide bonds. The van der Waals surface area contributed by atoms with Gasteiger partial charge in [0.15, 0.2) is 6.10 Å². The average molecular weight is 440 g/mol. The monoisotopic (exact) mass is 439 g/mol. The van der Waals surface area contributed by atoms with Crippen LogP contribution in [-0.2, 0) is 15.5 Å². The summed E-state index contributed by atoms with van der Waals surface area (Å²) < 4.78 is 35.7. The summed E-state index contributed by atoms with van der Waals surface area (Å²) in [6.07, 6.45) is -2.35. The summed E-state index contributed by atoms with van der Waals surface area (Å²) in [7, 11) is 0. The van der Waals surface area contributed by atoms with Crippen molar-refractivity contribution < 1.29 is 28.2 Å². The predicted molar refractivity (Wildman–Crippen MR) is 110 cm³/mol. The number of carbonyl (C=O) groups excluding carboxylic acids is 1. The second-order valence-electron chi connectivity index (χ2n) is 7.11. The molecule has 0 bridgehead atoms. The SMILES string of the molecule is CCC(C)C[C@H](NC(=O)OC(c1ccccc1)C(F)(F)c1cccc(Cl)c1)C(=O)O. The molecule has 0 saturated heterocycles. The van der Waals surface area contributed by atoms with E-state index in [1.165, 1.54) is 30.3 Å². The fourth-order valence-electron chi connectivity index (χ4n) is 2.90. The summed E-state index contributed by atoms with van der Waals surface area (Å²) >= 11 is 5.85. The lowest BCUT2D eigenvalue weighted by atomic mass is 9.97. The molecule has 0 aliphatic heterocycles. The topological polar surface area (TPSA) is 75.6 Å². The highest BCUT2D eigenvalue weighted by Gasteiger charge is 2.45. The molecule has 0 aromatic heterocycles. The van der Waals surface area contributed by atoms with Gasteiger partial charge < -0.3 is 15.2 Å². The first-order chi connectivity index (χ1) is 14.1. The van der Waals surface area contributed by atoms with Crippen molar-refractivity contribution in [2.24, 2.45) is 5.92 Å². The zero-order chi connectivity index (χ0) is 22.3. The Morgan fingerprint density at radius 2 is 1.83 bits per heavy atom. The van der Waals surface area contributed by atoms with Crippen molar-refractivity contribution in [3.8, 4) is 0 Å². The van der Waals surface area contributed by atoms with E-state index in [-0.39, 0.29) is 22.9 Å². The minimum Gasteiger partial charge on any atom is -0.480 e. The smallest absolute Gasteiger partial charge is 0.408 e. The Morgan fingerprint density at radius 3 is 2.40 bits per heavy atom. The quantitative estimate of drug-likeness (QED) is 0.518. The molecule has 3 atom stereocenters. The van der Waals surface area contributed by atoms with E-state index >= 15 is 8.78 Å². The molecule has 0 radical (unpaired) electrons. The minimum atomic E-state index is -3.61. The van der Waals surface area contributed by atoms with E-state index in [9.17, 15) is 14.7 Å². The number of nitrogens with one attached hydrogen (secondary N) is 1. The van der Waals surface area contributed by atoms with E-state index in [1.54, 1.807) is 18.2 Å². The van der Waals surface area contributed by atoms with Crippen LogP contribution in [0.15, 0.2) is 54.6 Å². The standard InChI is InChI=1S/C22H24ClF2NO4/c1-3-14(2)12-18(20(27)28)26-21(29)30-19(15-8-5-4-6-9-15)22(24,25)16-10-7-11-17(23)13-16/h4-11,13-14,18-19H,3,12H2,1-2H3,(H,26,29)(H,27,28)/t14?,18-,19?/m0/s1. The van der Waals surface area contributed by atoms with Crippen LogP contribution in [-0.4, -0.2) is 23.2 Å². The summed E-state index contributed by atoms with van der Waals surface area (Å²) in [5.41, 5.74) is -0.363. The van der Waals surface area contributed by atoms with E-state index in [4.69, 9.17) is 16.3 Å². The third-order valence-electron chi connectivity index (χ3n) is 4.79. The van der Waals surface area contributed by atoms with Gasteiger partial charge in [-0.2, -0.15) is 8.78 Å². The number of alkyl halides is 2. The predicted octanol–water partition coefficient (Wildman–Crippen LogP) is 5.79. The normalized spacial score (nSPS) is 14.4. The molecule has 2 N–H and O–H groups in total. The molecule has 2 aromatic rings. The second-order valence-corrected chi connectivity index (χ2v) is 7.55. The lowest BCUT2D eigenvalue weighted by molar-refractivity contribution is -0.140. The van der Waals surface area contributed by atoms with Crippen molar-refractivity contribution in [1.82, 2.24) is 5.32 Å². The Labute approximate surface area is 179 Å². The van der Waals surface area contributed by atoms with E-state index in [2.05, 4.69) is 5.32 Å². The summed E-state index contributed by atoms with van der Waals surface area (Å²) in [5.74, 6) is -4.85. The molecule has 8 heteroatoms. The van der Waals surface area contributed by atoms with Crippen LogP contribution in [0.1, 0.15) is 43.9 Å². The van der Waals surface area contributed by atoms with Crippen molar-refractivity contribution in [2.45, 2.75) is 44.8 Å². The Hall–Kier alpha value is -2.67. The number of rotatable bonds is 9. The molecule has 2 unspecified atom stereocenters. The van der Waals surface area contributed by atoms with Gasteiger partial charge in [-0.25, -0.2) is 9.59 Å². The van der Waals surface area contributed by atoms with Crippen LogP contribution < -0.4 is 5.32 Å². The van der Waals surface area contributed by atoms with Crippen LogP contribution in [0.4, 0.5) is 13.6 Å². The maximum Gasteiger partial charge on any atom is 0.408 e. The van der Waals surface area contributed by atoms with Gasteiger partial charge in [0.05, 0.1) is 0 Å². The van der Waals surface area contributed by atoms with Crippen LogP contribution in [0.3, 0.4) is 0 Å². The Balaban J connectivity index is 2.30. The fourth-order valence-corrected chi connectivity index (χ4v) is 3.09. The first kappa shape index (κ1) is 23.6. The van der Waals surface area contributed by atoms with Crippen LogP contribution in [0.2, 0.25) is 5.02 Å². The maximum absolute atomic E-state index is 15.3. The van der Waals surface area contributed by atoms with Crippen LogP contribution in [0.25, 0.3) is 0 Å².